The van der Waals surface area contributed by atoms with E-state index in [1.165, 1.54) is 27.9 Å². The average molecular weight is 355 g/mol. The number of hydrogen-bond acceptors (Lipinski definition) is 2. The van der Waals surface area contributed by atoms with E-state index in [0.717, 1.165) is 25.1 Å². The van der Waals surface area contributed by atoms with E-state index in [1.54, 1.807) is 0 Å². The van der Waals surface area contributed by atoms with Crippen molar-refractivity contribution in [3.8, 4) is 5.75 Å². The highest BCUT2D eigenvalue weighted by molar-refractivity contribution is 5.73. The van der Waals surface area contributed by atoms with Gasteiger partial charge in [-0.2, -0.15) is 0 Å². The Kier molecular flexibility index (Phi) is 5.24. The molecule has 0 N–H and O–H groups in total. The lowest BCUT2D eigenvalue weighted by molar-refractivity contribution is 0.306. The summed E-state index contributed by atoms with van der Waals surface area (Å²) in [4.78, 5) is 2.33. The van der Waals surface area contributed by atoms with Crippen molar-refractivity contribution in [1.82, 2.24) is 0 Å². The normalized spacial score (nSPS) is 12.5. The molecule has 0 heterocycles. The van der Waals surface area contributed by atoms with Crippen molar-refractivity contribution in [3.63, 3.8) is 0 Å². The maximum Gasteiger partial charge on any atom is 0.143 e. The molecule has 3 aromatic rings. The molecule has 0 fully saturated rings. The molecule has 0 saturated heterocycles. The number of hydrogen-bond donors (Lipinski definition) is 0. The summed E-state index contributed by atoms with van der Waals surface area (Å²) in [5.41, 5.74) is 6.41. The Morgan fingerprint density at radius 3 is 2.30 bits per heavy atom. The first-order valence-corrected chi connectivity index (χ1v) is 9.55. The van der Waals surface area contributed by atoms with Crippen LogP contribution >= 0.6 is 0 Å². The van der Waals surface area contributed by atoms with Crippen LogP contribution in [0.4, 0.5) is 5.69 Å². The molecule has 4 rings (SSSR count). The fraction of sp³-hybridized carbons (Fsp3) is 0.200. The highest BCUT2D eigenvalue weighted by Gasteiger charge is 2.19. The van der Waals surface area contributed by atoms with Crippen LogP contribution in [-0.4, -0.2) is 7.05 Å². The molecule has 3 aromatic carbocycles. The van der Waals surface area contributed by atoms with Crippen LogP contribution in [0.15, 0.2) is 78.9 Å². The zero-order valence-electron chi connectivity index (χ0n) is 15.8. The first kappa shape index (κ1) is 17.4. The summed E-state index contributed by atoms with van der Waals surface area (Å²) in [7, 11) is 2.16. The van der Waals surface area contributed by atoms with Crippen molar-refractivity contribution in [3.05, 3.63) is 101 Å². The molecule has 0 spiro atoms. The molecule has 2 heteroatoms. The molecule has 0 bridgehead atoms. The fourth-order valence-corrected chi connectivity index (χ4v) is 3.69. The second-order valence-corrected chi connectivity index (χ2v) is 7.04. The summed E-state index contributed by atoms with van der Waals surface area (Å²) in [5.74, 6) is 0.964. The van der Waals surface area contributed by atoms with E-state index >= 15 is 0 Å². The number of anilines is 1. The Labute approximate surface area is 161 Å². The van der Waals surface area contributed by atoms with Gasteiger partial charge in [-0.15, -0.1) is 0 Å². The van der Waals surface area contributed by atoms with Crippen molar-refractivity contribution >= 4 is 11.8 Å². The van der Waals surface area contributed by atoms with Crippen LogP contribution in [0.3, 0.4) is 0 Å². The number of allylic oxidation sites excluding steroid dienone is 1. The van der Waals surface area contributed by atoms with Gasteiger partial charge in [-0.05, 0) is 41.2 Å². The second-order valence-electron chi connectivity index (χ2n) is 7.04. The monoisotopic (exact) mass is 355 g/mol. The molecule has 0 atom stereocenters. The van der Waals surface area contributed by atoms with E-state index in [9.17, 15) is 0 Å². The molecule has 0 saturated carbocycles. The van der Waals surface area contributed by atoms with Crippen molar-refractivity contribution < 1.29 is 4.74 Å². The second kappa shape index (κ2) is 8.13. The zero-order chi connectivity index (χ0) is 18.5. The van der Waals surface area contributed by atoms with Gasteiger partial charge in [0.15, 0.2) is 0 Å². The first-order chi connectivity index (χ1) is 13.3. The summed E-state index contributed by atoms with van der Waals surface area (Å²) in [6, 6.07) is 25.3. The number of nitrogens with zero attached hydrogens (tertiary/aromatic N) is 1. The molecule has 1 aliphatic carbocycles. The molecule has 27 heavy (non-hydrogen) atoms. The minimum absolute atomic E-state index is 0.585. The fourth-order valence-electron chi connectivity index (χ4n) is 3.69. The third kappa shape index (κ3) is 4.06. The van der Waals surface area contributed by atoms with Gasteiger partial charge in [-0.1, -0.05) is 78.9 Å². The molecule has 136 valence electrons. The summed E-state index contributed by atoms with van der Waals surface area (Å²) in [6.07, 6.45) is 6.64. The molecule has 0 amide bonds. The average Bonchev–Trinajstić information content (AvgIpc) is 2.73. The Balaban J connectivity index is 1.65. The first-order valence-electron chi connectivity index (χ1n) is 9.55. The third-order valence-corrected chi connectivity index (χ3v) is 5.02. The standard InChI is InChI=1S/C25H25NO/c1-26(18-20-10-4-2-5-11-20)25-23-15-9-8-14-22(23)16-17-24(25)27-19-21-12-6-3-7-13-21/h2-8,10-14,16-17H,9,15,18-19H2,1H3. The largest absolute Gasteiger partial charge is 0.487 e. The molecule has 1 aliphatic rings. The molecule has 0 unspecified atom stereocenters. The van der Waals surface area contributed by atoms with Crippen molar-refractivity contribution in [2.24, 2.45) is 0 Å². The van der Waals surface area contributed by atoms with E-state index < -0.39 is 0 Å². The number of fused-ring (bicyclic) bond motifs is 1. The number of benzene rings is 3. The number of ether oxygens (including phenoxy) is 1. The molecular weight excluding hydrogens is 330 g/mol. The van der Waals surface area contributed by atoms with Crippen LogP contribution in [-0.2, 0) is 19.6 Å². The molecule has 0 radical (unpaired) electrons. The SMILES string of the molecule is CN(Cc1ccccc1)c1c(OCc2ccccc2)ccc2c1CCC=C2. The Bertz CT molecular complexity index is 916. The number of rotatable bonds is 6. The zero-order valence-corrected chi connectivity index (χ0v) is 15.8. The molecule has 2 nitrogen and oxygen atoms in total. The summed E-state index contributed by atoms with van der Waals surface area (Å²) in [6.45, 7) is 1.45. The minimum atomic E-state index is 0.585. The third-order valence-electron chi connectivity index (χ3n) is 5.02. The topological polar surface area (TPSA) is 12.5 Å². The predicted molar refractivity (Wildman–Crippen MR) is 113 cm³/mol. The molecular formula is C25H25NO. The van der Waals surface area contributed by atoms with E-state index in [-0.39, 0.29) is 0 Å². The summed E-state index contributed by atoms with van der Waals surface area (Å²) < 4.78 is 6.28. The predicted octanol–water partition coefficient (Wildman–Crippen LogP) is 5.86. The van der Waals surface area contributed by atoms with Crippen molar-refractivity contribution in [2.75, 3.05) is 11.9 Å². The van der Waals surface area contributed by atoms with Crippen LogP contribution in [0.2, 0.25) is 0 Å². The van der Waals surface area contributed by atoms with E-state index in [0.29, 0.717) is 6.61 Å². The minimum Gasteiger partial charge on any atom is -0.487 e. The van der Waals surface area contributed by atoms with Crippen LogP contribution in [0.1, 0.15) is 28.7 Å². The van der Waals surface area contributed by atoms with Gasteiger partial charge in [-0.25, -0.2) is 0 Å². The summed E-state index contributed by atoms with van der Waals surface area (Å²) in [5, 5.41) is 0. The molecule has 0 aromatic heterocycles. The van der Waals surface area contributed by atoms with Gasteiger partial charge in [0, 0.05) is 13.6 Å². The van der Waals surface area contributed by atoms with Crippen LogP contribution in [0.25, 0.3) is 6.08 Å². The van der Waals surface area contributed by atoms with Crippen molar-refractivity contribution in [2.45, 2.75) is 26.0 Å². The van der Waals surface area contributed by atoms with Gasteiger partial charge < -0.3 is 9.64 Å². The molecule has 0 aliphatic heterocycles. The Hall–Kier alpha value is -3.00. The van der Waals surface area contributed by atoms with Gasteiger partial charge in [-0.3, -0.25) is 0 Å². The van der Waals surface area contributed by atoms with Crippen LogP contribution in [0.5, 0.6) is 5.75 Å². The van der Waals surface area contributed by atoms with Gasteiger partial charge in [0.1, 0.15) is 12.4 Å². The van der Waals surface area contributed by atoms with Gasteiger partial charge in [0.05, 0.1) is 5.69 Å². The van der Waals surface area contributed by atoms with E-state index in [4.69, 9.17) is 4.74 Å². The quantitative estimate of drug-likeness (QED) is 0.549. The van der Waals surface area contributed by atoms with Crippen LogP contribution < -0.4 is 9.64 Å². The maximum absolute atomic E-state index is 6.28. The van der Waals surface area contributed by atoms with Gasteiger partial charge >= 0.3 is 0 Å². The highest BCUT2D eigenvalue weighted by Crippen LogP contribution is 2.38. The van der Waals surface area contributed by atoms with Gasteiger partial charge in [0.2, 0.25) is 0 Å². The lowest BCUT2D eigenvalue weighted by Gasteiger charge is -2.28. The van der Waals surface area contributed by atoms with Gasteiger partial charge in [0.25, 0.3) is 0 Å². The smallest absolute Gasteiger partial charge is 0.143 e. The van der Waals surface area contributed by atoms with Crippen molar-refractivity contribution in [1.29, 1.82) is 0 Å². The summed E-state index contributed by atoms with van der Waals surface area (Å²) >= 11 is 0. The lowest BCUT2D eigenvalue weighted by Crippen LogP contribution is -2.20. The van der Waals surface area contributed by atoms with E-state index in [1.807, 2.05) is 6.07 Å². The lowest BCUT2D eigenvalue weighted by atomic mass is 9.94. The van der Waals surface area contributed by atoms with E-state index in [2.05, 4.69) is 90.8 Å². The van der Waals surface area contributed by atoms with Crippen LogP contribution in [0, 0.1) is 0 Å². The Morgan fingerprint density at radius 2 is 1.56 bits per heavy atom. The Morgan fingerprint density at radius 1 is 0.852 bits per heavy atom. The highest BCUT2D eigenvalue weighted by atomic mass is 16.5. The maximum atomic E-state index is 6.28.